The number of nitrogens with one attached hydrogen (secondary N) is 1. The van der Waals surface area contributed by atoms with Crippen molar-refractivity contribution in [2.75, 3.05) is 19.7 Å². The molecular formula is C13H22IN3O. The standard InChI is InChI=1S/C13H21N3O.HI/c1-2-3-9-15-13(14)16-10-11-17-12-7-5-4-6-8-12;/h4-8H,2-3,9-11H2,1H3,(H3,14,15,16);1H. The van der Waals surface area contributed by atoms with Crippen molar-refractivity contribution in [3.63, 3.8) is 0 Å². The van der Waals surface area contributed by atoms with Gasteiger partial charge in [0.2, 0.25) is 0 Å². The van der Waals surface area contributed by atoms with E-state index in [0.29, 0.717) is 19.1 Å². The first-order valence-electron chi connectivity index (χ1n) is 6.04. The molecule has 1 rings (SSSR count). The second-order valence-corrected chi connectivity index (χ2v) is 3.71. The summed E-state index contributed by atoms with van der Waals surface area (Å²) in [7, 11) is 0. The number of hydrogen-bond donors (Lipinski definition) is 2. The molecule has 0 radical (unpaired) electrons. The van der Waals surface area contributed by atoms with Gasteiger partial charge in [-0.15, -0.1) is 24.0 Å². The lowest BCUT2D eigenvalue weighted by Crippen LogP contribution is -2.34. The van der Waals surface area contributed by atoms with E-state index in [0.717, 1.165) is 25.1 Å². The third-order valence-electron chi connectivity index (χ3n) is 2.21. The Bertz CT molecular complexity index is 330. The van der Waals surface area contributed by atoms with Crippen molar-refractivity contribution in [1.82, 2.24) is 5.32 Å². The highest BCUT2D eigenvalue weighted by Crippen LogP contribution is 2.07. The minimum absolute atomic E-state index is 0. The Morgan fingerprint density at radius 2 is 2.06 bits per heavy atom. The van der Waals surface area contributed by atoms with E-state index in [1.54, 1.807) is 0 Å². The van der Waals surface area contributed by atoms with E-state index in [1.165, 1.54) is 0 Å². The minimum atomic E-state index is 0. The van der Waals surface area contributed by atoms with Crippen molar-refractivity contribution in [2.24, 2.45) is 10.7 Å². The molecule has 0 fully saturated rings. The van der Waals surface area contributed by atoms with Gasteiger partial charge in [0.25, 0.3) is 0 Å². The second-order valence-electron chi connectivity index (χ2n) is 3.71. The molecule has 0 spiro atoms. The average Bonchev–Trinajstić information content (AvgIpc) is 2.36. The predicted octanol–water partition coefficient (Wildman–Crippen LogP) is 2.39. The number of nitrogens with two attached hydrogens (primary N) is 1. The van der Waals surface area contributed by atoms with Gasteiger partial charge in [-0.3, -0.25) is 4.99 Å². The quantitative estimate of drug-likeness (QED) is 0.339. The summed E-state index contributed by atoms with van der Waals surface area (Å²) in [5.74, 6) is 1.37. The van der Waals surface area contributed by atoms with Gasteiger partial charge in [0.05, 0.1) is 6.54 Å². The van der Waals surface area contributed by atoms with Crippen LogP contribution in [0.4, 0.5) is 0 Å². The number of nitrogens with zero attached hydrogens (tertiary/aromatic N) is 1. The fourth-order valence-corrected chi connectivity index (χ4v) is 1.28. The predicted molar refractivity (Wildman–Crippen MR) is 86.8 cm³/mol. The normalized spacial score (nSPS) is 10.6. The Morgan fingerprint density at radius 1 is 1.33 bits per heavy atom. The number of ether oxygens (including phenoxy) is 1. The van der Waals surface area contributed by atoms with Crippen LogP contribution in [0.3, 0.4) is 0 Å². The molecule has 0 atom stereocenters. The average molecular weight is 363 g/mol. The van der Waals surface area contributed by atoms with E-state index in [-0.39, 0.29) is 24.0 Å². The van der Waals surface area contributed by atoms with Crippen LogP contribution in [0.1, 0.15) is 19.8 Å². The van der Waals surface area contributed by atoms with Crippen molar-refractivity contribution >= 4 is 29.9 Å². The van der Waals surface area contributed by atoms with Gasteiger partial charge >= 0.3 is 0 Å². The summed E-state index contributed by atoms with van der Waals surface area (Å²) < 4.78 is 5.51. The monoisotopic (exact) mass is 363 g/mol. The lowest BCUT2D eigenvalue weighted by atomic mass is 10.3. The summed E-state index contributed by atoms with van der Waals surface area (Å²) in [6.45, 7) is 4.16. The van der Waals surface area contributed by atoms with E-state index >= 15 is 0 Å². The first-order chi connectivity index (χ1) is 8.33. The Hall–Kier alpha value is -0.980. The summed E-state index contributed by atoms with van der Waals surface area (Å²) in [5, 5.41) is 3.01. The summed E-state index contributed by atoms with van der Waals surface area (Å²) in [6.07, 6.45) is 2.21. The van der Waals surface area contributed by atoms with Gasteiger partial charge in [0, 0.05) is 6.54 Å². The molecule has 0 saturated heterocycles. The third kappa shape index (κ3) is 8.16. The summed E-state index contributed by atoms with van der Waals surface area (Å²) in [6, 6.07) is 9.72. The molecule has 3 N–H and O–H groups in total. The van der Waals surface area contributed by atoms with Crippen LogP contribution in [0.2, 0.25) is 0 Å². The first-order valence-corrected chi connectivity index (χ1v) is 6.04. The Labute approximate surface area is 126 Å². The summed E-state index contributed by atoms with van der Waals surface area (Å²) in [5.41, 5.74) is 5.68. The van der Waals surface area contributed by atoms with Crippen LogP contribution in [-0.2, 0) is 0 Å². The molecule has 18 heavy (non-hydrogen) atoms. The highest BCUT2D eigenvalue weighted by atomic mass is 127. The Morgan fingerprint density at radius 3 is 2.72 bits per heavy atom. The molecule has 0 aliphatic rings. The molecule has 4 nitrogen and oxygen atoms in total. The number of halogens is 1. The number of unbranched alkanes of at least 4 members (excludes halogenated alkanes) is 1. The fourth-order valence-electron chi connectivity index (χ4n) is 1.28. The van der Waals surface area contributed by atoms with Gasteiger partial charge in [0.1, 0.15) is 12.4 Å². The van der Waals surface area contributed by atoms with Crippen molar-refractivity contribution in [3.05, 3.63) is 30.3 Å². The zero-order chi connectivity index (χ0) is 12.3. The van der Waals surface area contributed by atoms with E-state index in [4.69, 9.17) is 10.5 Å². The SMILES string of the molecule is CCCCN=C(N)NCCOc1ccccc1.I. The van der Waals surface area contributed by atoms with E-state index in [9.17, 15) is 0 Å². The zero-order valence-corrected chi connectivity index (χ0v) is 13.1. The minimum Gasteiger partial charge on any atom is -0.492 e. The molecule has 5 heteroatoms. The molecule has 102 valence electrons. The summed E-state index contributed by atoms with van der Waals surface area (Å²) in [4.78, 5) is 4.19. The van der Waals surface area contributed by atoms with Gasteiger partial charge in [-0.05, 0) is 18.6 Å². The van der Waals surface area contributed by atoms with E-state index in [1.807, 2.05) is 30.3 Å². The number of para-hydroxylation sites is 1. The highest BCUT2D eigenvalue weighted by Gasteiger charge is 1.93. The smallest absolute Gasteiger partial charge is 0.188 e. The number of guanidine groups is 1. The molecule has 1 aromatic carbocycles. The Balaban J connectivity index is 0.00000289. The third-order valence-corrected chi connectivity index (χ3v) is 2.21. The zero-order valence-electron chi connectivity index (χ0n) is 10.8. The number of rotatable bonds is 7. The molecule has 1 aromatic rings. The van der Waals surface area contributed by atoms with Gasteiger partial charge in [-0.1, -0.05) is 31.5 Å². The molecule has 0 heterocycles. The topological polar surface area (TPSA) is 59.6 Å². The molecule has 0 aliphatic carbocycles. The van der Waals surface area contributed by atoms with E-state index < -0.39 is 0 Å². The van der Waals surface area contributed by atoms with Crippen LogP contribution in [-0.4, -0.2) is 25.7 Å². The maximum Gasteiger partial charge on any atom is 0.188 e. The lowest BCUT2D eigenvalue weighted by molar-refractivity contribution is 0.322. The maximum absolute atomic E-state index is 5.68. The van der Waals surface area contributed by atoms with Crippen molar-refractivity contribution < 1.29 is 4.74 Å². The van der Waals surface area contributed by atoms with Crippen molar-refractivity contribution in [1.29, 1.82) is 0 Å². The fraction of sp³-hybridized carbons (Fsp3) is 0.462. The van der Waals surface area contributed by atoms with Crippen LogP contribution in [0, 0.1) is 0 Å². The molecule has 0 unspecified atom stereocenters. The molecule has 0 saturated carbocycles. The number of hydrogen-bond acceptors (Lipinski definition) is 2. The lowest BCUT2D eigenvalue weighted by Gasteiger charge is -2.07. The van der Waals surface area contributed by atoms with Crippen LogP contribution in [0.15, 0.2) is 35.3 Å². The van der Waals surface area contributed by atoms with Crippen LogP contribution < -0.4 is 15.8 Å². The van der Waals surface area contributed by atoms with Crippen LogP contribution in [0.5, 0.6) is 5.75 Å². The largest absolute Gasteiger partial charge is 0.492 e. The molecule has 0 aromatic heterocycles. The van der Waals surface area contributed by atoms with Crippen molar-refractivity contribution in [3.8, 4) is 5.75 Å². The molecule has 0 amide bonds. The number of aliphatic imine (C=N–C) groups is 1. The second kappa shape index (κ2) is 11.1. The summed E-state index contributed by atoms with van der Waals surface area (Å²) >= 11 is 0. The van der Waals surface area contributed by atoms with Gasteiger partial charge < -0.3 is 15.8 Å². The van der Waals surface area contributed by atoms with Crippen molar-refractivity contribution in [2.45, 2.75) is 19.8 Å². The van der Waals surface area contributed by atoms with E-state index in [2.05, 4.69) is 17.2 Å². The van der Waals surface area contributed by atoms with Crippen LogP contribution in [0.25, 0.3) is 0 Å². The highest BCUT2D eigenvalue weighted by molar-refractivity contribution is 14.0. The van der Waals surface area contributed by atoms with Crippen LogP contribution >= 0.6 is 24.0 Å². The van der Waals surface area contributed by atoms with Gasteiger partial charge in [0.15, 0.2) is 5.96 Å². The number of benzene rings is 1. The van der Waals surface area contributed by atoms with Gasteiger partial charge in [-0.2, -0.15) is 0 Å². The molecule has 0 bridgehead atoms. The molecule has 0 aliphatic heterocycles. The Kier molecular flexibility index (Phi) is 10.5. The maximum atomic E-state index is 5.68. The first kappa shape index (κ1) is 17.0. The van der Waals surface area contributed by atoms with Gasteiger partial charge in [-0.25, -0.2) is 0 Å². The molecular weight excluding hydrogens is 341 g/mol.